The number of rotatable bonds is 10. The molecule has 6 nitrogen and oxygen atoms in total. The molecule has 0 radical (unpaired) electrons. The Balaban J connectivity index is 0.00000216. The third-order valence-electron chi connectivity index (χ3n) is 8.02. The summed E-state index contributed by atoms with van der Waals surface area (Å²) in [5, 5.41) is 3.83. The predicted octanol–water partition coefficient (Wildman–Crippen LogP) is 4.10. The minimum Gasteiger partial charge on any atom is -0.383 e. The number of likely N-dealkylation sites (tertiary alicyclic amines) is 2. The number of fused-ring (bicyclic) bond motifs is 2. The van der Waals surface area contributed by atoms with Gasteiger partial charge in [0.05, 0.1) is 6.61 Å². The number of ether oxygens (including phenoxy) is 1. The molecule has 1 N–H and O–H groups in total. The summed E-state index contributed by atoms with van der Waals surface area (Å²) in [5.74, 6) is 1.79. The minimum absolute atomic E-state index is 0. The van der Waals surface area contributed by atoms with Gasteiger partial charge in [0.25, 0.3) is 0 Å². The van der Waals surface area contributed by atoms with E-state index < -0.39 is 0 Å². The highest BCUT2D eigenvalue weighted by Gasteiger charge is 2.36. The van der Waals surface area contributed by atoms with Gasteiger partial charge in [-0.3, -0.25) is 9.69 Å². The Bertz CT molecular complexity index is 737. The van der Waals surface area contributed by atoms with Gasteiger partial charge >= 0.3 is 0 Å². The molecule has 0 aliphatic carbocycles. The van der Waals surface area contributed by atoms with Crippen molar-refractivity contribution in [1.82, 2.24) is 20.0 Å². The Labute approximate surface area is 237 Å². The van der Waals surface area contributed by atoms with Crippen LogP contribution in [0, 0.1) is 11.8 Å². The number of benzene rings is 1. The van der Waals surface area contributed by atoms with E-state index in [0.717, 1.165) is 64.3 Å². The lowest BCUT2D eigenvalue weighted by Gasteiger charge is -2.46. The maximum Gasteiger partial charge on any atom is 0.222 e. The normalized spacial score (nSPS) is 24.7. The largest absolute Gasteiger partial charge is 0.383 e. The lowest BCUT2D eigenvalue weighted by atomic mass is 9.79. The van der Waals surface area contributed by atoms with Gasteiger partial charge in [0.1, 0.15) is 0 Å². The maximum atomic E-state index is 13.2. The van der Waals surface area contributed by atoms with Gasteiger partial charge in [0.15, 0.2) is 0 Å². The van der Waals surface area contributed by atoms with E-state index >= 15 is 0 Å². The number of carbonyl (C=O) groups is 1. The third-order valence-corrected chi connectivity index (χ3v) is 8.02. The highest BCUT2D eigenvalue weighted by atomic mass is 35.5. The standard InChI is InChI=1S/C27H44N4O2.3ClH/c1-29-13-11-25(12-14-29)31(15-16-33-2)27(32)10-6-9-26-24-17-23(18-28-26)20-30(21-24)19-22-7-4-3-5-8-22;;;/h3-5,7-8,23-26,28H,6,9-21H2,1-2H3;3*1H/t23?,24?,26-;;;/m1.../s1. The number of hydrogen-bond donors (Lipinski definition) is 1. The van der Waals surface area contributed by atoms with Crippen molar-refractivity contribution in [3.63, 3.8) is 0 Å². The molecule has 3 heterocycles. The zero-order chi connectivity index (χ0) is 23.0. The quantitative estimate of drug-likeness (QED) is 0.463. The van der Waals surface area contributed by atoms with Crippen LogP contribution in [-0.4, -0.2) is 92.7 Å². The molecule has 3 fully saturated rings. The van der Waals surface area contributed by atoms with Gasteiger partial charge in [-0.25, -0.2) is 0 Å². The van der Waals surface area contributed by atoms with Crippen molar-refractivity contribution < 1.29 is 9.53 Å². The molecule has 1 aromatic carbocycles. The fourth-order valence-electron chi connectivity index (χ4n) is 6.21. The second kappa shape index (κ2) is 17.1. The average Bonchev–Trinajstić information content (AvgIpc) is 2.82. The van der Waals surface area contributed by atoms with Gasteiger partial charge in [0, 0.05) is 51.8 Å². The lowest BCUT2D eigenvalue weighted by molar-refractivity contribution is -0.135. The summed E-state index contributed by atoms with van der Waals surface area (Å²) in [6.45, 7) is 8.07. The Morgan fingerprint density at radius 3 is 2.53 bits per heavy atom. The Kier molecular flexibility index (Phi) is 15.9. The molecule has 4 rings (SSSR count). The molecule has 0 spiro atoms. The third kappa shape index (κ3) is 9.61. The van der Waals surface area contributed by atoms with Crippen LogP contribution in [-0.2, 0) is 16.1 Å². The molecule has 1 aromatic rings. The fourth-order valence-corrected chi connectivity index (χ4v) is 6.21. The number of halogens is 3. The highest BCUT2D eigenvalue weighted by Crippen LogP contribution is 2.31. The summed E-state index contributed by atoms with van der Waals surface area (Å²) in [6, 6.07) is 11.8. The summed E-state index contributed by atoms with van der Waals surface area (Å²) in [4.78, 5) is 20.3. The van der Waals surface area contributed by atoms with E-state index in [9.17, 15) is 4.79 Å². The molecular formula is C27H47Cl3N4O2. The Morgan fingerprint density at radius 2 is 1.83 bits per heavy atom. The molecule has 36 heavy (non-hydrogen) atoms. The zero-order valence-corrected chi connectivity index (χ0v) is 24.4. The first-order valence-electron chi connectivity index (χ1n) is 13.1. The number of hydrogen-bond acceptors (Lipinski definition) is 5. The van der Waals surface area contributed by atoms with Crippen LogP contribution in [0.15, 0.2) is 30.3 Å². The highest BCUT2D eigenvalue weighted by molar-refractivity contribution is 5.86. The van der Waals surface area contributed by atoms with Crippen molar-refractivity contribution in [3.8, 4) is 0 Å². The van der Waals surface area contributed by atoms with Crippen LogP contribution in [0.25, 0.3) is 0 Å². The van der Waals surface area contributed by atoms with Crippen LogP contribution in [0.1, 0.15) is 44.1 Å². The van der Waals surface area contributed by atoms with Crippen LogP contribution < -0.4 is 5.32 Å². The number of nitrogens with zero attached hydrogens (tertiary/aromatic N) is 3. The number of methoxy groups -OCH3 is 1. The van der Waals surface area contributed by atoms with E-state index in [-0.39, 0.29) is 37.2 Å². The summed E-state index contributed by atoms with van der Waals surface area (Å²) in [7, 11) is 3.90. The van der Waals surface area contributed by atoms with E-state index in [2.05, 4.69) is 57.4 Å². The first kappa shape index (κ1) is 33.4. The van der Waals surface area contributed by atoms with Crippen LogP contribution in [0.2, 0.25) is 0 Å². The number of nitrogens with one attached hydrogen (secondary N) is 1. The van der Waals surface area contributed by atoms with Gasteiger partial charge in [-0.2, -0.15) is 0 Å². The van der Waals surface area contributed by atoms with Gasteiger partial charge in [-0.05, 0) is 76.2 Å². The predicted molar refractivity (Wildman–Crippen MR) is 155 cm³/mol. The second-order valence-corrected chi connectivity index (χ2v) is 10.6. The number of piperidine rings is 3. The molecule has 3 aliphatic rings. The van der Waals surface area contributed by atoms with Gasteiger partial charge in [-0.15, -0.1) is 37.2 Å². The molecule has 0 aromatic heterocycles. The molecule has 2 unspecified atom stereocenters. The zero-order valence-electron chi connectivity index (χ0n) is 22.0. The Hall–Kier alpha value is -0.600. The van der Waals surface area contributed by atoms with Gasteiger partial charge in [0.2, 0.25) is 5.91 Å². The van der Waals surface area contributed by atoms with Gasteiger partial charge < -0.3 is 19.9 Å². The van der Waals surface area contributed by atoms with Crippen molar-refractivity contribution in [2.75, 3.05) is 60.0 Å². The van der Waals surface area contributed by atoms with Crippen molar-refractivity contribution in [3.05, 3.63) is 35.9 Å². The van der Waals surface area contributed by atoms with Crippen molar-refractivity contribution in [2.45, 2.75) is 57.2 Å². The van der Waals surface area contributed by atoms with E-state index in [0.29, 0.717) is 36.9 Å². The second-order valence-electron chi connectivity index (χ2n) is 10.6. The van der Waals surface area contributed by atoms with Gasteiger partial charge in [-0.1, -0.05) is 30.3 Å². The van der Waals surface area contributed by atoms with Crippen LogP contribution in [0.3, 0.4) is 0 Å². The minimum atomic E-state index is 0. The first-order valence-corrected chi connectivity index (χ1v) is 13.1. The first-order chi connectivity index (χ1) is 16.1. The summed E-state index contributed by atoms with van der Waals surface area (Å²) < 4.78 is 5.31. The van der Waals surface area contributed by atoms with Crippen LogP contribution in [0.5, 0.6) is 0 Å². The summed E-state index contributed by atoms with van der Waals surface area (Å²) in [6.07, 6.45) is 6.25. The summed E-state index contributed by atoms with van der Waals surface area (Å²) >= 11 is 0. The monoisotopic (exact) mass is 564 g/mol. The molecule has 3 aliphatic heterocycles. The molecule has 208 valence electrons. The maximum absolute atomic E-state index is 13.2. The number of amides is 1. The summed E-state index contributed by atoms with van der Waals surface area (Å²) in [5.41, 5.74) is 1.41. The molecule has 9 heteroatoms. The van der Waals surface area contributed by atoms with Crippen LogP contribution >= 0.6 is 37.2 Å². The smallest absolute Gasteiger partial charge is 0.222 e. The van der Waals surface area contributed by atoms with E-state index in [1.807, 2.05) is 0 Å². The topological polar surface area (TPSA) is 48.1 Å². The fraction of sp³-hybridized carbons (Fsp3) is 0.741. The Morgan fingerprint density at radius 1 is 1.11 bits per heavy atom. The average molecular weight is 566 g/mol. The number of carbonyl (C=O) groups excluding carboxylic acids is 1. The molecule has 0 saturated carbocycles. The van der Waals surface area contributed by atoms with E-state index in [1.165, 1.54) is 25.1 Å². The van der Waals surface area contributed by atoms with Crippen LogP contribution in [0.4, 0.5) is 0 Å². The SMILES string of the molecule is COCCN(C(=O)CCC[C@H]1NCC2CC1CN(Cc1ccccc1)C2)C1CCN(C)CC1.Cl.Cl.Cl. The van der Waals surface area contributed by atoms with Crippen molar-refractivity contribution in [1.29, 1.82) is 0 Å². The van der Waals surface area contributed by atoms with E-state index in [1.54, 1.807) is 7.11 Å². The van der Waals surface area contributed by atoms with Crippen molar-refractivity contribution in [2.24, 2.45) is 11.8 Å². The molecular weight excluding hydrogens is 519 g/mol. The lowest BCUT2D eigenvalue weighted by Crippen LogP contribution is -2.55. The van der Waals surface area contributed by atoms with E-state index in [4.69, 9.17) is 4.74 Å². The molecule has 1 amide bonds. The molecule has 2 bridgehead atoms. The molecule has 3 atom stereocenters. The molecule has 3 saturated heterocycles. The van der Waals surface area contributed by atoms with Crippen molar-refractivity contribution >= 4 is 43.1 Å².